The second kappa shape index (κ2) is 11.6. The summed E-state index contributed by atoms with van der Waals surface area (Å²) in [6.45, 7) is 10.2. The highest BCUT2D eigenvalue weighted by molar-refractivity contribution is 8.14. The quantitative estimate of drug-likeness (QED) is 0.440. The van der Waals surface area contributed by atoms with Crippen molar-refractivity contribution < 1.29 is 30.0 Å². The van der Waals surface area contributed by atoms with E-state index in [0.717, 1.165) is 11.8 Å². The minimum atomic E-state index is -1.42. The number of rotatable bonds is 12. The molecule has 1 amide bonds. The minimum Gasteiger partial charge on any atom is -0.548 e. The molecule has 0 fully saturated rings. The van der Waals surface area contributed by atoms with Gasteiger partial charge in [-0.15, -0.1) is 0 Å². The predicted octanol–water partition coefficient (Wildman–Crippen LogP) is -0.627. The van der Waals surface area contributed by atoms with E-state index in [0.29, 0.717) is 24.0 Å². The number of hydrogen-bond donors (Lipinski definition) is 2. The summed E-state index contributed by atoms with van der Waals surface area (Å²) >= 11 is 0.943. The van der Waals surface area contributed by atoms with Crippen LogP contribution in [0.25, 0.3) is 0 Å². The number of quaternary nitrogens is 1. The smallest absolute Gasteiger partial charge is 0.278 e. The molecule has 2 atom stereocenters. The molecule has 4 N–H and O–H groups in total. The number of Topliss-reactive ketones (excluding diaryl/α,β-unsaturated/α-hetero) is 1. The van der Waals surface area contributed by atoms with Crippen LogP contribution in [0, 0.1) is 0 Å². The van der Waals surface area contributed by atoms with Gasteiger partial charge < -0.3 is 21.0 Å². The van der Waals surface area contributed by atoms with Crippen molar-refractivity contribution in [1.82, 2.24) is 5.32 Å². The molecule has 25 heavy (non-hydrogen) atoms. The average Bonchev–Trinajstić information content (AvgIpc) is 2.52. The number of carboxylic acids is 1. The van der Waals surface area contributed by atoms with Crippen LogP contribution in [0.5, 0.6) is 0 Å². The Balaban J connectivity index is 4.36. The van der Waals surface area contributed by atoms with Gasteiger partial charge >= 0.3 is 0 Å². The first kappa shape index (κ1) is 23.1. The van der Waals surface area contributed by atoms with Gasteiger partial charge in [0.25, 0.3) is 5.91 Å². The van der Waals surface area contributed by atoms with Gasteiger partial charge in [-0.05, 0) is 37.8 Å². The zero-order valence-electron chi connectivity index (χ0n) is 14.8. The second-order valence-corrected chi connectivity index (χ2v) is 6.95. The van der Waals surface area contributed by atoms with E-state index in [9.17, 15) is 24.3 Å². The van der Waals surface area contributed by atoms with Crippen LogP contribution in [0.3, 0.4) is 0 Å². The van der Waals surface area contributed by atoms with E-state index in [4.69, 9.17) is 0 Å². The third-order valence-electron chi connectivity index (χ3n) is 3.39. The predicted molar refractivity (Wildman–Crippen MR) is 94.2 cm³/mol. The van der Waals surface area contributed by atoms with Crippen LogP contribution in [0.4, 0.5) is 0 Å². The van der Waals surface area contributed by atoms with Crippen molar-refractivity contribution in [2.75, 3.05) is 5.75 Å². The van der Waals surface area contributed by atoms with Crippen molar-refractivity contribution in [2.45, 2.75) is 51.6 Å². The highest BCUT2D eigenvalue weighted by Crippen LogP contribution is 2.11. The molecule has 8 heteroatoms. The van der Waals surface area contributed by atoms with Crippen LogP contribution < -0.4 is 16.2 Å². The van der Waals surface area contributed by atoms with Crippen molar-refractivity contribution in [2.24, 2.45) is 0 Å². The number of carboxylic acid groups (broad SMARTS) is 1. The molecule has 0 aromatic rings. The molecular weight excluding hydrogens is 344 g/mol. The maximum Gasteiger partial charge on any atom is 0.278 e. The molecule has 0 aliphatic heterocycles. The highest BCUT2D eigenvalue weighted by atomic mass is 32.2. The Kier molecular flexibility index (Phi) is 10.7. The summed E-state index contributed by atoms with van der Waals surface area (Å²) in [4.78, 5) is 46.0. The number of amides is 1. The van der Waals surface area contributed by atoms with Crippen LogP contribution in [0.1, 0.15) is 39.5 Å². The number of aliphatic carboxylic acids is 1. The van der Waals surface area contributed by atoms with Gasteiger partial charge in [-0.2, -0.15) is 0 Å². The Labute approximate surface area is 152 Å². The topological polar surface area (TPSA) is 131 Å². The van der Waals surface area contributed by atoms with Gasteiger partial charge in [-0.1, -0.05) is 24.9 Å². The highest BCUT2D eigenvalue weighted by Gasteiger charge is 2.22. The number of nitrogens with one attached hydrogen (secondary N) is 1. The van der Waals surface area contributed by atoms with Gasteiger partial charge in [0.05, 0.1) is 12.0 Å². The van der Waals surface area contributed by atoms with Crippen molar-refractivity contribution in [1.29, 1.82) is 0 Å². The molecule has 7 nitrogen and oxygen atoms in total. The van der Waals surface area contributed by atoms with E-state index in [1.54, 1.807) is 13.8 Å². The number of carbonyl (C=O) groups is 4. The van der Waals surface area contributed by atoms with Gasteiger partial charge in [-0.3, -0.25) is 14.4 Å². The number of allylic oxidation sites excluding steroid dienone is 1. The summed E-state index contributed by atoms with van der Waals surface area (Å²) in [7, 11) is 0. The van der Waals surface area contributed by atoms with E-state index in [-0.39, 0.29) is 29.5 Å². The third kappa shape index (κ3) is 9.83. The summed E-state index contributed by atoms with van der Waals surface area (Å²) in [5, 5.41) is 13.3. The number of hydrogen-bond acceptors (Lipinski definition) is 6. The lowest BCUT2D eigenvalue weighted by atomic mass is 10.0. The molecule has 140 valence electrons. The number of thioether (sulfide) groups is 1. The largest absolute Gasteiger partial charge is 0.548 e. The third-order valence-corrected chi connectivity index (χ3v) is 4.44. The fourth-order valence-corrected chi connectivity index (χ4v) is 2.57. The van der Waals surface area contributed by atoms with Gasteiger partial charge in [-0.25, -0.2) is 0 Å². The second-order valence-electron chi connectivity index (χ2n) is 5.88. The molecule has 0 aliphatic rings. The molecule has 0 radical (unpaired) electrons. The van der Waals surface area contributed by atoms with E-state index < -0.39 is 24.0 Å². The minimum absolute atomic E-state index is 0.0542. The molecule has 0 aromatic carbocycles. The van der Waals surface area contributed by atoms with Gasteiger partial charge in [0.15, 0.2) is 11.8 Å². The molecule has 0 saturated heterocycles. The lowest BCUT2D eigenvalue weighted by Crippen LogP contribution is -2.69. The first-order valence-electron chi connectivity index (χ1n) is 7.91. The molecule has 0 heterocycles. The van der Waals surface area contributed by atoms with E-state index in [2.05, 4.69) is 24.2 Å². The Bertz CT molecular complexity index is 559. The van der Waals surface area contributed by atoms with Crippen molar-refractivity contribution >= 4 is 34.5 Å². The molecule has 0 bridgehead atoms. The first-order chi connectivity index (χ1) is 11.6. The van der Waals surface area contributed by atoms with E-state index in [1.165, 1.54) is 0 Å². The van der Waals surface area contributed by atoms with Gasteiger partial charge in [0.1, 0.15) is 0 Å². The Hall–Kier alpha value is -1.93. The van der Waals surface area contributed by atoms with Crippen LogP contribution in [0.15, 0.2) is 24.3 Å². The van der Waals surface area contributed by atoms with Gasteiger partial charge in [0.2, 0.25) is 5.12 Å². The fraction of sp³-hybridized carbons (Fsp3) is 0.529. The van der Waals surface area contributed by atoms with E-state index >= 15 is 0 Å². The first-order valence-corrected chi connectivity index (χ1v) is 8.90. The van der Waals surface area contributed by atoms with Crippen LogP contribution in [-0.4, -0.2) is 40.6 Å². The molecule has 0 rings (SSSR count). The molecule has 0 saturated carbocycles. The summed E-state index contributed by atoms with van der Waals surface area (Å²) in [6.07, 6.45) is 1.15. The summed E-state index contributed by atoms with van der Waals surface area (Å²) in [5.41, 5.74) is 4.53. The summed E-state index contributed by atoms with van der Waals surface area (Å²) in [6, 6.07) is -1.87. The zero-order valence-corrected chi connectivity index (χ0v) is 15.6. The molecule has 0 unspecified atom stereocenters. The molecule has 0 spiro atoms. The normalized spacial score (nSPS) is 12.8. The van der Waals surface area contributed by atoms with Crippen molar-refractivity contribution in [3.05, 3.63) is 24.3 Å². The lowest BCUT2D eigenvalue weighted by Gasteiger charge is -2.20. The number of ketones is 1. The van der Waals surface area contributed by atoms with Crippen LogP contribution in [-0.2, 0) is 19.2 Å². The standard InChI is InChI=1S/C17H26N2O5S/c1-10(2)14(20)7-5-6-12(18)15(21)19-13(16(22)23)8-9-25-17(24)11(3)4/h12-13H,1,3,5-9,18H2,2,4H3,(H,19,21)(H,22,23)/t12-,13-/m0/s1. The average molecular weight is 370 g/mol. The zero-order chi connectivity index (χ0) is 19.6. The monoisotopic (exact) mass is 370 g/mol. The molecule has 0 aromatic heterocycles. The SMILES string of the molecule is C=C(C)C(=O)CCC[C@H]([NH3+])C(=O)N[C@@H](CCSC(=O)C(=C)C)C(=O)[O-]. The molecular formula is C17H26N2O5S. The maximum absolute atomic E-state index is 12.0. The van der Waals surface area contributed by atoms with E-state index in [1.807, 2.05) is 0 Å². The Morgan fingerprint density at radius 2 is 1.72 bits per heavy atom. The Morgan fingerprint density at radius 1 is 1.12 bits per heavy atom. The molecule has 0 aliphatic carbocycles. The van der Waals surface area contributed by atoms with Gasteiger partial charge in [0, 0.05) is 18.6 Å². The van der Waals surface area contributed by atoms with Crippen LogP contribution >= 0.6 is 11.8 Å². The maximum atomic E-state index is 12.0. The lowest BCUT2D eigenvalue weighted by molar-refractivity contribution is -0.405. The Morgan fingerprint density at radius 3 is 2.20 bits per heavy atom. The summed E-state index contributed by atoms with van der Waals surface area (Å²) in [5.74, 6) is -1.78. The number of carbonyl (C=O) groups excluding carboxylic acids is 4. The van der Waals surface area contributed by atoms with Crippen LogP contribution in [0.2, 0.25) is 0 Å². The van der Waals surface area contributed by atoms with Crippen molar-refractivity contribution in [3.8, 4) is 0 Å². The summed E-state index contributed by atoms with van der Waals surface area (Å²) < 4.78 is 0. The fourth-order valence-electron chi connectivity index (χ4n) is 1.78. The van der Waals surface area contributed by atoms with Crippen molar-refractivity contribution in [3.63, 3.8) is 0 Å².